The van der Waals surface area contributed by atoms with Crippen LogP contribution in [0, 0.1) is 5.82 Å². The molecule has 0 aromatic heterocycles. The summed E-state index contributed by atoms with van der Waals surface area (Å²) < 4.78 is 23.4. The molecule has 0 aliphatic rings. The van der Waals surface area contributed by atoms with Crippen molar-refractivity contribution in [1.82, 2.24) is 0 Å². The van der Waals surface area contributed by atoms with Crippen molar-refractivity contribution in [3.63, 3.8) is 0 Å². The van der Waals surface area contributed by atoms with Gasteiger partial charge in [-0.2, -0.15) is 0 Å². The predicted octanol–water partition coefficient (Wildman–Crippen LogP) is 3.43. The molecule has 0 saturated heterocycles. The molecule has 6 heteroatoms. The van der Waals surface area contributed by atoms with Crippen LogP contribution in [0.5, 0.6) is 5.75 Å². The lowest BCUT2D eigenvalue weighted by Crippen LogP contribution is -2.08. The van der Waals surface area contributed by atoms with Crippen molar-refractivity contribution in [1.29, 1.82) is 0 Å². The van der Waals surface area contributed by atoms with Gasteiger partial charge in [0.1, 0.15) is 6.61 Å². The topological polar surface area (TPSA) is 61.5 Å². The summed E-state index contributed by atoms with van der Waals surface area (Å²) in [5.41, 5.74) is 6.63. The lowest BCUT2D eigenvalue weighted by Gasteiger charge is -2.08. The number of hydrogen-bond acceptors (Lipinski definition) is 4. The summed E-state index contributed by atoms with van der Waals surface area (Å²) >= 11 is 5.81. The van der Waals surface area contributed by atoms with E-state index in [2.05, 4.69) is 0 Å². The molecule has 0 amide bonds. The van der Waals surface area contributed by atoms with Crippen LogP contribution in [0.3, 0.4) is 0 Å². The third-order valence-corrected chi connectivity index (χ3v) is 3.06. The molecule has 2 rings (SSSR count). The summed E-state index contributed by atoms with van der Waals surface area (Å²) in [4.78, 5) is 11.9. The molecule has 2 aromatic carbocycles. The summed E-state index contributed by atoms with van der Waals surface area (Å²) in [5.74, 6) is -1.01. The van der Waals surface area contributed by atoms with E-state index in [0.717, 1.165) is 0 Å². The fourth-order valence-electron chi connectivity index (χ4n) is 1.73. The summed E-state index contributed by atoms with van der Waals surface area (Å²) in [6.07, 6.45) is 0. The monoisotopic (exact) mass is 309 g/mol. The van der Waals surface area contributed by atoms with Gasteiger partial charge in [0, 0.05) is 10.7 Å². The van der Waals surface area contributed by atoms with E-state index in [1.54, 1.807) is 12.1 Å². The van der Waals surface area contributed by atoms with Gasteiger partial charge in [0.2, 0.25) is 0 Å². The zero-order valence-electron chi connectivity index (χ0n) is 11.2. The van der Waals surface area contributed by atoms with Crippen molar-refractivity contribution in [2.75, 3.05) is 12.8 Å². The van der Waals surface area contributed by atoms with Crippen LogP contribution in [-0.2, 0) is 11.3 Å². The SMILES string of the molecule is COc1ccc(COC(=O)c2cc(Cl)ccc2N)cc1F. The van der Waals surface area contributed by atoms with Crippen LogP contribution in [0.4, 0.5) is 10.1 Å². The third kappa shape index (κ3) is 3.64. The zero-order valence-corrected chi connectivity index (χ0v) is 12.0. The molecule has 110 valence electrons. The molecule has 4 nitrogen and oxygen atoms in total. The normalized spacial score (nSPS) is 10.2. The molecule has 0 atom stereocenters. The molecule has 2 N–H and O–H groups in total. The Morgan fingerprint density at radius 1 is 1.29 bits per heavy atom. The van der Waals surface area contributed by atoms with Gasteiger partial charge < -0.3 is 15.2 Å². The quantitative estimate of drug-likeness (QED) is 0.694. The van der Waals surface area contributed by atoms with E-state index in [-0.39, 0.29) is 23.6 Å². The van der Waals surface area contributed by atoms with Gasteiger partial charge in [0.25, 0.3) is 0 Å². The Balaban J connectivity index is 2.07. The van der Waals surface area contributed by atoms with Gasteiger partial charge in [-0.15, -0.1) is 0 Å². The maximum atomic E-state index is 13.5. The summed E-state index contributed by atoms with van der Waals surface area (Å²) in [7, 11) is 1.38. The van der Waals surface area contributed by atoms with Crippen molar-refractivity contribution in [3.05, 3.63) is 58.4 Å². The smallest absolute Gasteiger partial charge is 0.340 e. The van der Waals surface area contributed by atoms with Gasteiger partial charge in [0.15, 0.2) is 11.6 Å². The second-order valence-electron chi connectivity index (χ2n) is 4.28. The Labute approximate surface area is 126 Å². The van der Waals surface area contributed by atoms with Gasteiger partial charge >= 0.3 is 5.97 Å². The van der Waals surface area contributed by atoms with E-state index < -0.39 is 11.8 Å². The van der Waals surface area contributed by atoms with E-state index in [1.807, 2.05) is 0 Å². The highest BCUT2D eigenvalue weighted by Crippen LogP contribution is 2.21. The third-order valence-electron chi connectivity index (χ3n) is 2.82. The van der Waals surface area contributed by atoms with Gasteiger partial charge in [-0.25, -0.2) is 9.18 Å². The standard InChI is InChI=1S/C15H13ClFNO3/c1-20-14-5-2-9(6-12(14)17)8-21-15(19)11-7-10(16)3-4-13(11)18/h2-7H,8,18H2,1H3. The van der Waals surface area contributed by atoms with E-state index in [9.17, 15) is 9.18 Å². The average Bonchev–Trinajstić information content (AvgIpc) is 2.47. The molecule has 0 radical (unpaired) electrons. The molecule has 2 aromatic rings. The predicted molar refractivity (Wildman–Crippen MR) is 77.9 cm³/mol. The van der Waals surface area contributed by atoms with Crippen molar-refractivity contribution in [2.45, 2.75) is 6.61 Å². The Morgan fingerprint density at radius 2 is 2.05 bits per heavy atom. The van der Waals surface area contributed by atoms with Crippen molar-refractivity contribution in [2.24, 2.45) is 0 Å². The molecule has 0 aliphatic heterocycles. The first-order valence-corrected chi connectivity index (χ1v) is 6.43. The number of rotatable bonds is 4. The maximum absolute atomic E-state index is 13.5. The lowest BCUT2D eigenvalue weighted by atomic mass is 10.2. The molecule has 0 bridgehead atoms. The van der Waals surface area contributed by atoms with Crippen LogP contribution >= 0.6 is 11.6 Å². The van der Waals surface area contributed by atoms with E-state index >= 15 is 0 Å². The average molecular weight is 310 g/mol. The van der Waals surface area contributed by atoms with Gasteiger partial charge in [0.05, 0.1) is 12.7 Å². The molecule has 0 unspecified atom stereocenters. The van der Waals surface area contributed by atoms with Gasteiger partial charge in [-0.05, 0) is 35.9 Å². The first-order valence-electron chi connectivity index (χ1n) is 6.06. The highest BCUT2D eigenvalue weighted by atomic mass is 35.5. The Hall–Kier alpha value is -2.27. The van der Waals surface area contributed by atoms with Crippen molar-refractivity contribution < 1.29 is 18.7 Å². The summed E-state index contributed by atoms with van der Waals surface area (Å²) in [6.45, 7) is -0.0777. The number of nitrogen functional groups attached to an aromatic ring is 1. The molecule has 0 saturated carbocycles. The zero-order chi connectivity index (χ0) is 15.4. The van der Waals surface area contributed by atoms with Gasteiger partial charge in [-0.3, -0.25) is 0 Å². The Kier molecular flexibility index (Phi) is 4.65. The minimum Gasteiger partial charge on any atom is -0.494 e. The van der Waals surface area contributed by atoms with E-state index in [0.29, 0.717) is 10.6 Å². The Morgan fingerprint density at radius 3 is 2.71 bits per heavy atom. The lowest BCUT2D eigenvalue weighted by molar-refractivity contribution is 0.0473. The number of nitrogens with two attached hydrogens (primary N) is 1. The summed E-state index contributed by atoms with van der Waals surface area (Å²) in [6, 6.07) is 8.84. The molecule has 0 heterocycles. The Bertz CT molecular complexity index is 676. The highest BCUT2D eigenvalue weighted by molar-refractivity contribution is 6.31. The fourth-order valence-corrected chi connectivity index (χ4v) is 1.90. The van der Waals surface area contributed by atoms with Crippen LogP contribution in [0.15, 0.2) is 36.4 Å². The van der Waals surface area contributed by atoms with Crippen LogP contribution in [0.1, 0.15) is 15.9 Å². The molecule has 0 spiro atoms. The number of anilines is 1. The van der Waals surface area contributed by atoms with Crippen LogP contribution < -0.4 is 10.5 Å². The minimum atomic E-state index is -0.619. The van der Waals surface area contributed by atoms with E-state index in [1.165, 1.54) is 31.4 Å². The minimum absolute atomic E-state index is 0.0777. The number of benzene rings is 2. The molecule has 0 fully saturated rings. The largest absolute Gasteiger partial charge is 0.494 e. The van der Waals surface area contributed by atoms with Crippen LogP contribution in [0.25, 0.3) is 0 Å². The first-order chi connectivity index (χ1) is 10.0. The second kappa shape index (κ2) is 6.45. The first kappa shape index (κ1) is 15.1. The highest BCUT2D eigenvalue weighted by Gasteiger charge is 2.12. The number of esters is 1. The summed E-state index contributed by atoms with van der Waals surface area (Å²) in [5, 5.41) is 0.381. The maximum Gasteiger partial charge on any atom is 0.340 e. The number of methoxy groups -OCH3 is 1. The van der Waals surface area contributed by atoms with E-state index in [4.69, 9.17) is 26.8 Å². The number of hydrogen-bond donors (Lipinski definition) is 1. The molecule has 21 heavy (non-hydrogen) atoms. The fraction of sp³-hybridized carbons (Fsp3) is 0.133. The number of carbonyl (C=O) groups excluding carboxylic acids is 1. The van der Waals surface area contributed by atoms with Crippen LogP contribution in [-0.4, -0.2) is 13.1 Å². The molecular formula is C15H13ClFNO3. The van der Waals surface area contributed by atoms with Crippen LogP contribution in [0.2, 0.25) is 5.02 Å². The van der Waals surface area contributed by atoms with Crippen molar-refractivity contribution >= 4 is 23.3 Å². The van der Waals surface area contributed by atoms with Crippen molar-refractivity contribution in [3.8, 4) is 5.75 Å². The van der Waals surface area contributed by atoms with Gasteiger partial charge in [-0.1, -0.05) is 17.7 Å². The number of ether oxygens (including phenoxy) is 2. The number of carbonyl (C=O) groups is 1. The number of halogens is 2. The second-order valence-corrected chi connectivity index (χ2v) is 4.71. The molecular weight excluding hydrogens is 297 g/mol. The molecule has 0 aliphatic carbocycles.